The number of nitrogens with zero attached hydrogens (tertiary/aromatic N) is 3. The van der Waals surface area contributed by atoms with E-state index in [0.29, 0.717) is 13.1 Å². The Balaban J connectivity index is 1.22. The summed E-state index contributed by atoms with van der Waals surface area (Å²) < 4.78 is 9.53. The first-order valence-corrected chi connectivity index (χ1v) is 17.4. The number of hydrogen-bond donors (Lipinski definition) is 4. The number of imidazole rings is 1. The molecule has 50 heavy (non-hydrogen) atoms. The zero-order valence-corrected chi connectivity index (χ0v) is 29.5. The molecule has 4 heterocycles. The molecule has 0 aliphatic carbocycles. The number of hydrogen-bond acceptors (Lipinski definition) is 7. The van der Waals surface area contributed by atoms with Crippen molar-refractivity contribution in [3.05, 3.63) is 54.0 Å². The minimum absolute atomic E-state index is 0.0939. The van der Waals surface area contributed by atoms with Crippen LogP contribution in [0, 0.1) is 11.8 Å². The Labute approximate surface area is 291 Å². The second-order valence-electron chi connectivity index (χ2n) is 14.0. The maximum atomic E-state index is 13.6. The van der Waals surface area contributed by atoms with Gasteiger partial charge in [-0.25, -0.2) is 14.6 Å². The fraction of sp³-hybridized carbons (Fsp3) is 0.486. The average molecular weight is 686 g/mol. The van der Waals surface area contributed by atoms with E-state index in [1.54, 1.807) is 0 Å². The number of alkyl carbamates (subject to hydrolysis) is 2. The Hall–Kier alpha value is -5.07. The zero-order valence-electron chi connectivity index (χ0n) is 29.5. The van der Waals surface area contributed by atoms with Crippen molar-refractivity contribution >= 4 is 45.9 Å². The molecule has 266 valence electrons. The molecular weight excluding hydrogens is 638 g/mol. The monoisotopic (exact) mass is 685 g/mol. The van der Waals surface area contributed by atoms with Crippen LogP contribution in [0.3, 0.4) is 0 Å². The van der Waals surface area contributed by atoms with E-state index in [1.807, 2.05) is 49.6 Å². The highest BCUT2D eigenvalue weighted by Gasteiger charge is 2.38. The SMILES string of the molecule is COC(=O)N[C@H](C(=O)N1CCC[C@H]1c1cc2ccc(-c3ccc4nc([C@@H]5CCCN5C(=O)[C@@H](NC(=O)OC)C(C)C)[nH]c4c3)cc2[nH]1)C(C)C. The molecule has 0 saturated carbocycles. The van der Waals surface area contributed by atoms with E-state index in [0.717, 1.165) is 70.3 Å². The Morgan fingerprint density at radius 3 is 1.86 bits per heavy atom. The fourth-order valence-electron chi connectivity index (χ4n) is 7.30. The second-order valence-corrected chi connectivity index (χ2v) is 14.0. The van der Waals surface area contributed by atoms with Gasteiger partial charge < -0.3 is 39.9 Å². The van der Waals surface area contributed by atoms with Gasteiger partial charge in [-0.2, -0.15) is 0 Å². The number of benzene rings is 2. The number of nitrogens with one attached hydrogen (secondary N) is 4. The molecule has 0 unspecified atom stereocenters. The average Bonchev–Trinajstić information content (AvgIpc) is 3.92. The molecule has 13 nitrogen and oxygen atoms in total. The van der Waals surface area contributed by atoms with Crippen LogP contribution in [0.4, 0.5) is 9.59 Å². The highest BCUT2D eigenvalue weighted by Crippen LogP contribution is 2.36. The number of methoxy groups -OCH3 is 2. The lowest BCUT2D eigenvalue weighted by molar-refractivity contribution is -0.136. The maximum absolute atomic E-state index is 13.6. The molecule has 0 radical (unpaired) electrons. The highest BCUT2D eigenvalue weighted by atomic mass is 16.5. The standard InChI is InChI=1S/C37H47N7O6/c1-20(2)31(41-36(47)49-5)34(45)43-15-7-9-29(43)28-19-24-12-11-22(17-26(24)38-28)23-13-14-25-27(18-23)40-33(39-25)30-10-8-16-44(30)35(46)32(21(3)4)42-37(48)50-6/h11-14,17-21,29-32,38H,7-10,15-16H2,1-6H3,(H,39,40)(H,41,47)(H,42,48)/t29-,30-,31-,32-/m0/s1. The molecular formula is C37H47N7O6. The molecule has 4 amide bonds. The van der Waals surface area contributed by atoms with Gasteiger partial charge >= 0.3 is 12.2 Å². The molecule has 0 spiro atoms. The van der Waals surface area contributed by atoms with E-state index in [4.69, 9.17) is 14.5 Å². The predicted octanol–water partition coefficient (Wildman–Crippen LogP) is 5.80. The third kappa shape index (κ3) is 6.86. The first-order valence-electron chi connectivity index (χ1n) is 17.4. The van der Waals surface area contributed by atoms with Crippen LogP contribution in [0.5, 0.6) is 0 Å². The lowest BCUT2D eigenvalue weighted by Gasteiger charge is -2.30. The van der Waals surface area contributed by atoms with Crippen molar-refractivity contribution in [2.45, 2.75) is 77.5 Å². The molecule has 0 bridgehead atoms. The van der Waals surface area contributed by atoms with Crippen LogP contribution in [0.2, 0.25) is 0 Å². The third-order valence-electron chi connectivity index (χ3n) is 10.0. The van der Waals surface area contributed by atoms with E-state index in [2.05, 4.69) is 50.9 Å². The first-order chi connectivity index (χ1) is 24.0. The number of aromatic nitrogens is 3. The molecule has 2 aromatic heterocycles. The number of carbonyl (C=O) groups is 4. The van der Waals surface area contributed by atoms with Crippen molar-refractivity contribution in [1.82, 2.24) is 35.4 Å². The van der Waals surface area contributed by atoms with Gasteiger partial charge in [-0.15, -0.1) is 0 Å². The van der Waals surface area contributed by atoms with Gasteiger partial charge in [-0.05, 0) is 78.3 Å². The van der Waals surface area contributed by atoms with Gasteiger partial charge in [0.05, 0.1) is 37.3 Å². The lowest BCUT2D eigenvalue weighted by Crippen LogP contribution is -2.51. The Kier molecular flexibility index (Phi) is 10.0. The normalized spacial score (nSPS) is 19.0. The molecule has 4 N–H and O–H groups in total. The smallest absolute Gasteiger partial charge is 0.407 e. The summed E-state index contributed by atoms with van der Waals surface area (Å²) in [5, 5.41) is 6.46. The van der Waals surface area contributed by atoms with Crippen LogP contribution < -0.4 is 10.6 Å². The molecule has 2 fully saturated rings. The Morgan fingerprint density at radius 2 is 1.28 bits per heavy atom. The summed E-state index contributed by atoms with van der Waals surface area (Å²) in [6.45, 7) is 8.84. The van der Waals surface area contributed by atoms with E-state index in [-0.39, 0.29) is 35.7 Å². The van der Waals surface area contributed by atoms with Gasteiger partial charge in [-0.1, -0.05) is 45.9 Å². The molecule has 4 aromatic rings. The van der Waals surface area contributed by atoms with Crippen molar-refractivity contribution in [3.63, 3.8) is 0 Å². The number of ether oxygens (including phenoxy) is 2. The molecule has 2 aromatic carbocycles. The van der Waals surface area contributed by atoms with Crippen LogP contribution >= 0.6 is 0 Å². The van der Waals surface area contributed by atoms with Crippen molar-refractivity contribution < 1.29 is 28.7 Å². The molecule has 4 atom stereocenters. The summed E-state index contributed by atoms with van der Waals surface area (Å²) in [6.07, 6.45) is 2.08. The van der Waals surface area contributed by atoms with Gasteiger partial charge in [0.15, 0.2) is 0 Å². The second kappa shape index (κ2) is 14.4. The van der Waals surface area contributed by atoms with Gasteiger partial charge in [0.25, 0.3) is 0 Å². The summed E-state index contributed by atoms with van der Waals surface area (Å²) in [7, 11) is 2.58. The van der Waals surface area contributed by atoms with Crippen molar-refractivity contribution in [2.24, 2.45) is 11.8 Å². The van der Waals surface area contributed by atoms with Gasteiger partial charge in [0.1, 0.15) is 17.9 Å². The summed E-state index contributed by atoms with van der Waals surface area (Å²) in [6, 6.07) is 12.8. The van der Waals surface area contributed by atoms with E-state index in [1.165, 1.54) is 14.2 Å². The minimum atomic E-state index is -0.694. The van der Waals surface area contributed by atoms with Crippen LogP contribution in [0.15, 0.2) is 42.5 Å². The number of rotatable bonds is 9. The summed E-state index contributed by atoms with van der Waals surface area (Å²) >= 11 is 0. The molecule has 2 aliphatic rings. The van der Waals surface area contributed by atoms with Crippen LogP contribution in [0.25, 0.3) is 33.1 Å². The fourth-order valence-corrected chi connectivity index (χ4v) is 7.30. The van der Waals surface area contributed by atoms with Gasteiger partial charge in [0.2, 0.25) is 11.8 Å². The maximum Gasteiger partial charge on any atom is 0.407 e. The van der Waals surface area contributed by atoms with E-state index < -0.39 is 24.3 Å². The van der Waals surface area contributed by atoms with Crippen LogP contribution in [-0.2, 0) is 19.1 Å². The highest BCUT2D eigenvalue weighted by molar-refractivity contribution is 5.90. The third-order valence-corrected chi connectivity index (χ3v) is 10.0. The summed E-state index contributed by atoms with van der Waals surface area (Å²) in [5.41, 5.74) is 5.66. The molecule has 6 rings (SSSR count). The number of carbonyl (C=O) groups excluding carboxylic acids is 4. The zero-order chi connectivity index (χ0) is 35.7. The molecule has 13 heteroatoms. The number of fused-ring (bicyclic) bond motifs is 2. The Bertz CT molecular complexity index is 1760. The summed E-state index contributed by atoms with van der Waals surface area (Å²) in [4.78, 5) is 66.8. The van der Waals surface area contributed by atoms with Crippen molar-refractivity contribution in [3.8, 4) is 11.1 Å². The molecule has 2 aliphatic heterocycles. The lowest BCUT2D eigenvalue weighted by atomic mass is 10.0. The number of amides is 4. The van der Waals surface area contributed by atoms with E-state index >= 15 is 0 Å². The topological polar surface area (TPSA) is 162 Å². The number of likely N-dealkylation sites (tertiary alicyclic amines) is 2. The molecule has 2 saturated heterocycles. The van der Waals surface area contributed by atoms with Crippen molar-refractivity contribution in [2.75, 3.05) is 27.3 Å². The first kappa shape index (κ1) is 34.8. The van der Waals surface area contributed by atoms with Gasteiger partial charge in [0, 0.05) is 24.3 Å². The van der Waals surface area contributed by atoms with Crippen LogP contribution in [0.1, 0.15) is 77.0 Å². The number of aromatic amines is 2. The Morgan fingerprint density at radius 1 is 0.740 bits per heavy atom. The largest absolute Gasteiger partial charge is 0.453 e. The summed E-state index contributed by atoms with van der Waals surface area (Å²) in [5.74, 6) is 0.271. The van der Waals surface area contributed by atoms with Crippen molar-refractivity contribution in [1.29, 1.82) is 0 Å². The minimum Gasteiger partial charge on any atom is -0.453 e. The van der Waals surface area contributed by atoms with E-state index in [9.17, 15) is 19.2 Å². The number of H-pyrrole nitrogens is 2. The predicted molar refractivity (Wildman–Crippen MR) is 189 cm³/mol. The van der Waals surface area contributed by atoms with Gasteiger partial charge in [-0.3, -0.25) is 9.59 Å². The quantitative estimate of drug-likeness (QED) is 0.173. The van der Waals surface area contributed by atoms with Crippen LogP contribution in [-0.4, -0.2) is 88.1 Å².